The van der Waals surface area contributed by atoms with E-state index in [1.807, 2.05) is 54.6 Å². The monoisotopic (exact) mass is 480 g/mol. The van der Waals surface area contributed by atoms with Crippen molar-refractivity contribution < 1.29 is 23.8 Å². The Morgan fingerprint density at radius 2 is 1.22 bits per heavy atom. The fourth-order valence-corrected chi connectivity index (χ4v) is 3.64. The number of aryl methyl sites for hydroxylation is 1. The largest absolute Gasteiger partial charge is 0.493 e. The molecule has 0 heterocycles. The summed E-state index contributed by atoms with van der Waals surface area (Å²) < 4.78 is 16.6. The van der Waals surface area contributed by atoms with E-state index in [1.54, 1.807) is 42.5 Å². The van der Waals surface area contributed by atoms with E-state index in [1.165, 1.54) is 11.1 Å². The molecule has 5 heteroatoms. The third-order valence-electron chi connectivity index (χ3n) is 5.56. The summed E-state index contributed by atoms with van der Waals surface area (Å²) >= 11 is 0. The summed E-state index contributed by atoms with van der Waals surface area (Å²) in [6.45, 7) is 0.848. The van der Waals surface area contributed by atoms with Crippen LogP contribution in [0.3, 0.4) is 0 Å². The Morgan fingerprint density at radius 3 is 1.92 bits per heavy atom. The lowest BCUT2D eigenvalue weighted by Crippen LogP contribution is -2.10. The van der Waals surface area contributed by atoms with Gasteiger partial charge in [0.15, 0.2) is 0 Å². The quantitative estimate of drug-likeness (QED) is 0.143. The Hall–Kier alpha value is -4.38. The highest BCUT2D eigenvalue weighted by Gasteiger charge is 2.12. The molecule has 4 aromatic carbocycles. The van der Waals surface area contributed by atoms with Crippen LogP contribution in [-0.2, 0) is 17.6 Å². The predicted octanol–water partition coefficient (Wildman–Crippen LogP) is 6.32. The van der Waals surface area contributed by atoms with E-state index in [-0.39, 0.29) is 0 Å². The van der Waals surface area contributed by atoms with Crippen molar-refractivity contribution in [2.24, 2.45) is 0 Å². The van der Waals surface area contributed by atoms with Crippen LogP contribution in [-0.4, -0.2) is 25.2 Å². The number of benzene rings is 4. The SMILES string of the molecule is O=C(OCCCc1ccccc1)c1ccc(OC(=O)c2cccc(OCCc3ccccc3)c2)cc1. The maximum Gasteiger partial charge on any atom is 0.343 e. The van der Waals surface area contributed by atoms with Crippen LogP contribution in [0.2, 0.25) is 0 Å². The number of esters is 2. The minimum absolute atomic E-state index is 0.341. The fourth-order valence-electron chi connectivity index (χ4n) is 3.64. The van der Waals surface area contributed by atoms with Gasteiger partial charge in [-0.25, -0.2) is 9.59 Å². The van der Waals surface area contributed by atoms with Gasteiger partial charge < -0.3 is 14.2 Å². The molecule has 0 aromatic heterocycles. The van der Waals surface area contributed by atoms with Crippen molar-refractivity contribution in [1.82, 2.24) is 0 Å². The molecule has 0 radical (unpaired) electrons. The summed E-state index contributed by atoms with van der Waals surface area (Å²) in [7, 11) is 0. The van der Waals surface area contributed by atoms with E-state index >= 15 is 0 Å². The molecule has 0 aliphatic heterocycles. The zero-order valence-electron chi connectivity index (χ0n) is 20.0. The fraction of sp³-hybridized carbons (Fsp3) is 0.161. The molecule has 36 heavy (non-hydrogen) atoms. The second-order valence-corrected chi connectivity index (χ2v) is 8.25. The van der Waals surface area contributed by atoms with Gasteiger partial charge in [0.2, 0.25) is 0 Å². The van der Waals surface area contributed by atoms with Crippen LogP contribution in [0.4, 0.5) is 0 Å². The molecule has 0 aliphatic rings. The second kappa shape index (κ2) is 12.9. The lowest BCUT2D eigenvalue weighted by molar-refractivity contribution is 0.0500. The maximum absolute atomic E-state index is 12.6. The molecule has 0 bridgehead atoms. The van der Waals surface area contributed by atoms with Crippen molar-refractivity contribution in [1.29, 1.82) is 0 Å². The van der Waals surface area contributed by atoms with Crippen LogP contribution in [0.5, 0.6) is 11.5 Å². The van der Waals surface area contributed by atoms with Crippen LogP contribution >= 0.6 is 0 Å². The molecule has 0 saturated heterocycles. The summed E-state index contributed by atoms with van der Waals surface area (Å²) in [5, 5.41) is 0. The summed E-state index contributed by atoms with van der Waals surface area (Å²) in [4.78, 5) is 24.9. The first-order chi connectivity index (χ1) is 17.7. The van der Waals surface area contributed by atoms with Gasteiger partial charge in [0.25, 0.3) is 0 Å². The number of hydrogen-bond acceptors (Lipinski definition) is 5. The van der Waals surface area contributed by atoms with Crippen molar-refractivity contribution in [2.45, 2.75) is 19.3 Å². The summed E-state index contributed by atoms with van der Waals surface area (Å²) in [6.07, 6.45) is 2.38. The minimum atomic E-state index is -0.500. The van der Waals surface area contributed by atoms with Crippen molar-refractivity contribution >= 4 is 11.9 Å². The minimum Gasteiger partial charge on any atom is -0.493 e. The molecule has 5 nitrogen and oxygen atoms in total. The van der Waals surface area contributed by atoms with Crippen LogP contribution in [0.15, 0.2) is 109 Å². The third-order valence-corrected chi connectivity index (χ3v) is 5.56. The Bertz CT molecular complexity index is 1250. The van der Waals surface area contributed by atoms with Crippen LogP contribution in [0, 0.1) is 0 Å². The molecular weight excluding hydrogens is 452 g/mol. The number of rotatable bonds is 11. The Labute approximate surface area is 211 Å². The smallest absolute Gasteiger partial charge is 0.343 e. The van der Waals surface area contributed by atoms with E-state index < -0.39 is 11.9 Å². The number of carbonyl (C=O) groups excluding carboxylic acids is 2. The molecule has 0 unspecified atom stereocenters. The van der Waals surface area contributed by atoms with Gasteiger partial charge in [0.1, 0.15) is 11.5 Å². The molecule has 0 saturated carbocycles. The average Bonchev–Trinajstić information content (AvgIpc) is 2.93. The summed E-state index contributed by atoms with van der Waals surface area (Å²) in [5.74, 6) is 0.0443. The zero-order valence-corrected chi connectivity index (χ0v) is 20.0. The highest BCUT2D eigenvalue weighted by molar-refractivity contribution is 5.92. The standard InChI is InChI=1S/C31H28O5/c32-30(35-21-8-13-24-9-3-1-4-10-24)26-16-18-28(19-17-26)36-31(33)27-14-7-15-29(23-27)34-22-20-25-11-5-2-6-12-25/h1-7,9-12,14-19,23H,8,13,20-22H2. The zero-order chi connectivity index (χ0) is 25.0. The first-order valence-electron chi connectivity index (χ1n) is 12.0. The highest BCUT2D eigenvalue weighted by Crippen LogP contribution is 2.18. The topological polar surface area (TPSA) is 61.8 Å². The lowest BCUT2D eigenvalue weighted by atomic mass is 10.1. The lowest BCUT2D eigenvalue weighted by Gasteiger charge is -2.09. The van der Waals surface area contributed by atoms with Crippen molar-refractivity contribution in [3.63, 3.8) is 0 Å². The predicted molar refractivity (Wildman–Crippen MR) is 139 cm³/mol. The van der Waals surface area contributed by atoms with Crippen LogP contribution in [0.25, 0.3) is 0 Å². The van der Waals surface area contributed by atoms with E-state index in [4.69, 9.17) is 14.2 Å². The van der Waals surface area contributed by atoms with E-state index in [9.17, 15) is 9.59 Å². The molecule has 0 spiro atoms. The molecular formula is C31H28O5. The summed E-state index contributed by atoms with van der Waals surface area (Å²) in [6, 6.07) is 33.4. The van der Waals surface area contributed by atoms with Gasteiger partial charge in [-0.2, -0.15) is 0 Å². The number of carbonyl (C=O) groups is 2. The van der Waals surface area contributed by atoms with Gasteiger partial charge in [-0.05, 0) is 66.4 Å². The molecule has 0 N–H and O–H groups in total. The first kappa shape index (κ1) is 24.7. The molecule has 0 fully saturated rings. The normalized spacial score (nSPS) is 10.4. The first-order valence-corrected chi connectivity index (χ1v) is 12.0. The van der Waals surface area contributed by atoms with Crippen molar-refractivity contribution in [2.75, 3.05) is 13.2 Å². The molecule has 0 aliphatic carbocycles. The molecule has 4 aromatic rings. The van der Waals surface area contributed by atoms with E-state index in [0.717, 1.165) is 19.3 Å². The van der Waals surface area contributed by atoms with E-state index in [2.05, 4.69) is 12.1 Å². The molecule has 182 valence electrons. The molecule has 4 rings (SSSR count). The van der Waals surface area contributed by atoms with Gasteiger partial charge in [-0.3, -0.25) is 0 Å². The average molecular weight is 481 g/mol. The van der Waals surface area contributed by atoms with Crippen molar-refractivity contribution in [3.05, 3.63) is 131 Å². The van der Waals surface area contributed by atoms with Gasteiger partial charge in [0, 0.05) is 6.42 Å². The van der Waals surface area contributed by atoms with Crippen molar-refractivity contribution in [3.8, 4) is 11.5 Å². The van der Waals surface area contributed by atoms with Crippen LogP contribution < -0.4 is 9.47 Å². The molecule has 0 atom stereocenters. The third kappa shape index (κ3) is 7.57. The Kier molecular flexibility index (Phi) is 8.87. The number of ether oxygens (including phenoxy) is 3. The summed E-state index contributed by atoms with van der Waals surface area (Å²) in [5.41, 5.74) is 3.19. The maximum atomic E-state index is 12.6. The molecule has 0 amide bonds. The van der Waals surface area contributed by atoms with Gasteiger partial charge >= 0.3 is 11.9 Å². The number of hydrogen-bond donors (Lipinski definition) is 0. The van der Waals surface area contributed by atoms with Gasteiger partial charge in [-0.1, -0.05) is 66.7 Å². The highest BCUT2D eigenvalue weighted by atomic mass is 16.5. The van der Waals surface area contributed by atoms with E-state index in [0.29, 0.717) is 35.8 Å². The Balaban J connectivity index is 1.23. The van der Waals surface area contributed by atoms with Gasteiger partial charge in [-0.15, -0.1) is 0 Å². The Morgan fingerprint density at radius 1 is 0.556 bits per heavy atom. The second-order valence-electron chi connectivity index (χ2n) is 8.25. The van der Waals surface area contributed by atoms with Gasteiger partial charge in [0.05, 0.1) is 24.3 Å². The van der Waals surface area contributed by atoms with Crippen LogP contribution in [0.1, 0.15) is 38.3 Å².